The van der Waals surface area contributed by atoms with Gasteiger partial charge in [0.1, 0.15) is 17.3 Å². The first-order chi connectivity index (χ1) is 13.5. The summed E-state index contributed by atoms with van der Waals surface area (Å²) in [4.78, 5) is 22.8. The molecular formula is C24H44O4. The van der Waals surface area contributed by atoms with Gasteiger partial charge in [0, 0.05) is 6.42 Å². The SMILES string of the molecule is CCCCCCCCCCCCCCCC[C@]1(C)C[C@]2(C)OC(=O)CC2OO1. The van der Waals surface area contributed by atoms with Crippen LogP contribution in [0.5, 0.6) is 0 Å². The molecule has 2 saturated heterocycles. The lowest BCUT2D eigenvalue weighted by molar-refractivity contribution is -0.428. The minimum atomic E-state index is -0.514. The van der Waals surface area contributed by atoms with Crippen molar-refractivity contribution in [3.8, 4) is 0 Å². The van der Waals surface area contributed by atoms with Gasteiger partial charge in [-0.3, -0.25) is 4.79 Å². The number of rotatable bonds is 15. The molecule has 0 bridgehead atoms. The average molecular weight is 397 g/mol. The fraction of sp³-hybridized carbons (Fsp3) is 0.958. The smallest absolute Gasteiger partial charge is 0.309 e. The van der Waals surface area contributed by atoms with Crippen molar-refractivity contribution in [1.82, 2.24) is 0 Å². The Morgan fingerprint density at radius 2 is 1.32 bits per heavy atom. The van der Waals surface area contributed by atoms with Crippen LogP contribution in [0, 0.1) is 0 Å². The second-order valence-electron chi connectivity index (χ2n) is 9.63. The van der Waals surface area contributed by atoms with Crippen molar-refractivity contribution in [3.05, 3.63) is 0 Å². The van der Waals surface area contributed by atoms with E-state index in [1.165, 1.54) is 83.5 Å². The summed E-state index contributed by atoms with van der Waals surface area (Å²) in [6.07, 6.45) is 20.9. The van der Waals surface area contributed by atoms with Gasteiger partial charge in [0.2, 0.25) is 0 Å². The van der Waals surface area contributed by atoms with Crippen molar-refractivity contribution < 1.29 is 19.3 Å². The first-order valence-electron chi connectivity index (χ1n) is 12.0. The van der Waals surface area contributed by atoms with Crippen LogP contribution in [0.1, 0.15) is 130 Å². The quantitative estimate of drug-likeness (QED) is 0.169. The zero-order chi connectivity index (χ0) is 20.3. The number of ether oxygens (including phenoxy) is 1. The maximum atomic E-state index is 11.6. The molecule has 0 spiro atoms. The third-order valence-electron chi connectivity index (χ3n) is 6.53. The summed E-state index contributed by atoms with van der Waals surface area (Å²) < 4.78 is 5.53. The molecule has 0 aliphatic carbocycles. The van der Waals surface area contributed by atoms with E-state index in [0.29, 0.717) is 6.42 Å². The topological polar surface area (TPSA) is 44.8 Å². The van der Waals surface area contributed by atoms with Crippen molar-refractivity contribution in [1.29, 1.82) is 0 Å². The molecule has 2 heterocycles. The number of carbonyl (C=O) groups excluding carboxylic acids is 1. The van der Waals surface area contributed by atoms with Crippen LogP contribution in [0.25, 0.3) is 0 Å². The number of esters is 1. The molecule has 28 heavy (non-hydrogen) atoms. The van der Waals surface area contributed by atoms with E-state index < -0.39 is 5.60 Å². The van der Waals surface area contributed by atoms with Crippen LogP contribution in [0.3, 0.4) is 0 Å². The standard InChI is InChI=1S/C24H44O4/c1-4-5-6-7-8-9-10-11-12-13-14-15-16-17-18-23(2)20-24(3)21(27-28-23)19-22(25)26-24/h21H,4-20H2,1-3H3/t21?,23-,24+/m1/s1. The van der Waals surface area contributed by atoms with E-state index in [1.807, 2.05) is 6.92 Å². The lowest BCUT2D eigenvalue weighted by Gasteiger charge is -2.43. The van der Waals surface area contributed by atoms with E-state index in [4.69, 9.17) is 14.5 Å². The maximum Gasteiger partial charge on any atom is 0.309 e. The van der Waals surface area contributed by atoms with Gasteiger partial charge in [-0.15, -0.1) is 0 Å². The van der Waals surface area contributed by atoms with Crippen molar-refractivity contribution in [2.45, 2.75) is 147 Å². The molecule has 4 heteroatoms. The highest BCUT2D eigenvalue weighted by Gasteiger charge is 2.55. The molecule has 2 aliphatic rings. The molecule has 0 aromatic carbocycles. The lowest BCUT2D eigenvalue weighted by Crippen LogP contribution is -2.51. The summed E-state index contributed by atoms with van der Waals surface area (Å²) in [5.41, 5.74) is -0.854. The molecule has 0 amide bonds. The van der Waals surface area contributed by atoms with Gasteiger partial charge >= 0.3 is 5.97 Å². The Hall–Kier alpha value is -0.610. The molecule has 0 aromatic heterocycles. The van der Waals surface area contributed by atoms with Crippen LogP contribution in [0.2, 0.25) is 0 Å². The summed E-state index contributed by atoms with van der Waals surface area (Å²) in [5, 5.41) is 0. The van der Waals surface area contributed by atoms with Crippen molar-refractivity contribution in [2.75, 3.05) is 0 Å². The summed E-state index contributed by atoms with van der Waals surface area (Å²) in [6, 6.07) is 0. The molecule has 0 saturated carbocycles. The van der Waals surface area contributed by atoms with Crippen LogP contribution in [0.4, 0.5) is 0 Å². The molecular weight excluding hydrogens is 352 g/mol. The first kappa shape index (κ1) is 23.7. The van der Waals surface area contributed by atoms with E-state index in [1.54, 1.807) is 0 Å². The van der Waals surface area contributed by atoms with Crippen LogP contribution in [0.15, 0.2) is 0 Å². The van der Waals surface area contributed by atoms with Gasteiger partial charge in [0.15, 0.2) is 0 Å². The summed E-state index contributed by atoms with van der Waals surface area (Å²) in [6.45, 7) is 6.35. The monoisotopic (exact) mass is 396 g/mol. The van der Waals surface area contributed by atoms with Gasteiger partial charge < -0.3 is 4.74 Å². The second-order valence-corrected chi connectivity index (χ2v) is 9.63. The van der Waals surface area contributed by atoms with Gasteiger partial charge in [0.25, 0.3) is 0 Å². The fourth-order valence-electron chi connectivity index (χ4n) is 4.79. The van der Waals surface area contributed by atoms with Crippen molar-refractivity contribution >= 4 is 5.97 Å². The maximum absolute atomic E-state index is 11.6. The minimum Gasteiger partial charge on any atom is -0.456 e. The average Bonchev–Trinajstić information content (AvgIpc) is 2.94. The second kappa shape index (κ2) is 12.2. The van der Waals surface area contributed by atoms with Crippen LogP contribution >= 0.6 is 0 Å². The zero-order valence-electron chi connectivity index (χ0n) is 18.7. The lowest BCUT2D eigenvalue weighted by atomic mass is 9.82. The Morgan fingerprint density at radius 1 is 0.821 bits per heavy atom. The predicted molar refractivity (Wildman–Crippen MR) is 113 cm³/mol. The number of carbonyl (C=O) groups is 1. The molecule has 4 nitrogen and oxygen atoms in total. The highest BCUT2D eigenvalue weighted by atomic mass is 17.2. The molecule has 0 aromatic rings. The Kier molecular flexibility index (Phi) is 10.3. The number of hydrogen-bond donors (Lipinski definition) is 0. The van der Waals surface area contributed by atoms with Gasteiger partial charge in [-0.05, 0) is 20.3 Å². The Bertz CT molecular complexity index is 452. The molecule has 0 radical (unpaired) electrons. The van der Waals surface area contributed by atoms with Crippen molar-refractivity contribution in [2.24, 2.45) is 0 Å². The van der Waals surface area contributed by atoms with E-state index in [0.717, 1.165) is 19.3 Å². The highest BCUT2D eigenvalue weighted by Crippen LogP contribution is 2.44. The fourth-order valence-corrected chi connectivity index (χ4v) is 4.79. The van der Waals surface area contributed by atoms with Gasteiger partial charge in [-0.1, -0.05) is 96.8 Å². The Morgan fingerprint density at radius 3 is 1.86 bits per heavy atom. The van der Waals surface area contributed by atoms with Crippen LogP contribution in [-0.4, -0.2) is 23.3 Å². The molecule has 2 rings (SSSR count). The first-order valence-corrected chi connectivity index (χ1v) is 12.0. The summed E-state index contributed by atoms with van der Waals surface area (Å²) in [5.74, 6) is -0.170. The molecule has 164 valence electrons. The molecule has 0 N–H and O–H groups in total. The Labute approximate surface area is 173 Å². The minimum absolute atomic E-state index is 0.170. The third-order valence-corrected chi connectivity index (χ3v) is 6.53. The van der Waals surface area contributed by atoms with E-state index in [9.17, 15) is 4.79 Å². The van der Waals surface area contributed by atoms with Gasteiger partial charge in [-0.2, -0.15) is 0 Å². The highest BCUT2D eigenvalue weighted by molar-refractivity contribution is 5.73. The van der Waals surface area contributed by atoms with Gasteiger partial charge in [-0.25, -0.2) is 9.78 Å². The van der Waals surface area contributed by atoms with E-state index >= 15 is 0 Å². The largest absolute Gasteiger partial charge is 0.456 e. The van der Waals surface area contributed by atoms with Gasteiger partial charge in [0.05, 0.1) is 6.42 Å². The molecule has 1 unspecified atom stereocenters. The summed E-state index contributed by atoms with van der Waals surface area (Å²) >= 11 is 0. The third kappa shape index (κ3) is 8.02. The predicted octanol–water partition coefficient (Wildman–Crippen LogP) is 7.04. The normalized spacial score (nSPS) is 29.7. The molecule has 2 aliphatic heterocycles. The van der Waals surface area contributed by atoms with E-state index in [2.05, 4.69) is 13.8 Å². The Balaban J connectivity index is 1.42. The molecule has 2 fully saturated rings. The zero-order valence-corrected chi connectivity index (χ0v) is 18.7. The van der Waals surface area contributed by atoms with Crippen molar-refractivity contribution in [3.63, 3.8) is 0 Å². The van der Waals surface area contributed by atoms with Crippen LogP contribution in [-0.2, 0) is 19.3 Å². The van der Waals surface area contributed by atoms with E-state index in [-0.39, 0.29) is 17.7 Å². The number of fused-ring (bicyclic) bond motifs is 1. The molecule has 3 atom stereocenters. The number of unbranched alkanes of at least 4 members (excludes halogenated alkanes) is 13. The summed E-state index contributed by atoms with van der Waals surface area (Å²) in [7, 11) is 0. The van der Waals surface area contributed by atoms with Crippen LogP contribution < -0.4 is 0 Å². The number of hydrogen-bond acceptors (Lipinski definition) is 4.